The smallest absolute Gasteiger partial charge is 0.329 e. The van der Waals surface area contributed by atoms with Crippen LogP contribution in [0.15, 0.2) is 18.3 Å². The van der Waals surface area contributed by atoms with Gasteiger partial charge in [-0.25, -0.2) is 4.79 Å². The molecule has 0 atom stereocenters. The topological polar surface area (TPSA) is 60.3 Å². The molecule has 0 saturated heterocycles. The Morgan fingerprint density at radius 1 is 1.42 bits per heavy atom. The van der Waals surface area contributed by atoms with Crippen molar-refractivity contribution < 1.29 is 14.4 Å². The van der Waals surface area contributed by atoms with Crippen LogP contribution in [-0.4, -0.2) is 35.5 Å². The first kappa shape index (κ1) is 13.7. The molecule has 0 fully saturated rings. The van der Waals surface area contributed by atoms with Gasteiger partial charge in [-0.15, -0.1) is 0 Å². The van der Waals surface area contributed by atoms with Crippen LogP contribution in [0, 0.1) is 6.92 Å². The molecule has 1 aromatic heterocycles. The Hall–Kier alpha value is -1.70. The number of aromatic nitrogens is 1. The Balaban J connectivity index is 0.00000133. The van der Waals surface area contributed by atoms with E-state index in [0.717, 1.165) is 27.7 Å². The number of carbonyl (C=O) groups excluding carboxylic acids is 2. The second-order valence-electron chi connectivity index (χ2n) is 4.49. The maximum Gasteiger partial charge on any atom is 0.329 e. The first-order valence-electron chi connectivity index (χ1n) is 5.68. The Labute approximate surface area is 122 Å². The fourth-order valence-electron chi connectivity index (χ4n) is 2.37. The molecular formula is C13H12LiN2O3. The van der Waals surface area contributed by atoms with E-state index in [2.05, 4.69) is 5.32 Å². The standard InChI is InChI=1S/C13H12N2O3.Li/c1-7-3-10-13-9(5-12(17)14-10)6-15(11(13)4-7)18-8(2)16;/h3-4,6H,5H2,1-2H3,(H,14,17);. The third-order valence-electron chi connectivity index (χ3n) is 2.95. The van der Waals surface area contributed by atoms with Gasteiger partial charge >= 0.3 is 5.97 Å². The summed E-state index contributed by atoms with van der Waals surface area (Å²) in [5, 5.41) is 3.78. The Kier molecular flexibility index (Phi) is 3.44. The average molecular weight is 251 g/mol. The molecule has 93 valence electrons. The zero-order chi connectivity index (χ0) is 12.9. The molecule has 2 heterocycles. The van der Waals surface area contributed by atoms with Crippen molar-refractivity contribution in [3.05, 3.63) is 29.5 Å². The van der Waals surface area contributed by atoms with E-state index in [1.807, 2.05) is 19.1 Å². The average Bonchev–Trinajstić information content (AvgIpc) is 2.55. The van der Waals surface area contributed by atoms with Crippen LogP contribution >= 0.6 is 0 Å². The number of nitrogens with one attached hydrogen (secondary N) is 1. The van der Waals surface area contributed by atoms with Crippen molar-refractivity contribution in [3.63, 3.8) is 0 Å². The molecule has 1 aromatic carbocycles. The van der Waals surface area contributed by atoms with Gasteiger partial charge < -0.3 is 10.2 Å². The number of aryl methyl sites for hydroxylation is 1. The normalized spacial score (nSPS) is 12.8. The quantitative estimate of drug-likeness (QED) is 0.770. The van der Waals surface area contributed by atoms with Crippen LogP contribution in [0.25, 0.3) is 10.9 Å². The van der Waals surface area contributed by atoms with Crippen LogP contribution in [0.1, 0.15) is 18.1 Å². The van der Waals surface area contributed by atoms with Crippen LogP contribution in [0.5, 0.6) is 0 Å². The van der Waals surface area contributed by atoms with Crippen LogP contribution in [0.4, 0.5) is 5.69 Å². The maximum atomic E-state index is 11.6. The third-order valence-corrected chi connectivity index (χ3v) is 2.95. The molecule has 1 N–H and O–H groups in total. The van der Waals surface area contributed by atoms with Crippen molar-refractivity contribution in [2.24, 2.45) is 0 Å². The summed E-state index contributed by atoms with van der Waals surface area (Å²) in [6, 6.07) is 3.85. The second-order valence-corrected chi connectivity index (χ2v) is 4.49. The summed E-state index contributed by atoms with van der Waals surface area (Å²) in [7, 11) is 0. The number of hydrogen-bond donors (Lipinski definition) is 1. The summed E-state index contributed by atoms with van der Waals surface area (Å²) in [5.74, 6) is -0.435. The van der Waals surface area contributed by atoms with Gasteiger partial charge in [0.15, 0.2) is 0 Å². The molecule has 1 aliphatic rings. The summed E-state index contributed by atoms with van der Waals surface area (Å²) in [6.07, 6.45) is 2.01. The van der Waals surface area contributed by atoms with E-state index >= 15 is 0 Å². The van der Waals surface area contributed by atoms with Gasteiger partial charge in [0.05, 0.1) is 17.6 Å². The molecule has 0 spiro atoms. The molecule has 6 heteroatoms. The van der Waals surface area contributed by atoms with E-state index in [1.54, 1.807) is 6.20 Å². The Morgan fingerprint density at radius 2 is 2.16 bits per heavy atom. The van der Waals surface area contributed by atoms with Crippen molar-refractivity contribution in [2.75, 3.05) is 5.32 Å². The van der Waals surface area contributed by atoms with E-state index in [9.17, 15) is 9.59 Å². The molecule has 5 nitrogen and oxygen atoms in total. The SMILES string of the molecule is CC(=O)On1cc2c3c(cc(C)cc31)NC(=O)C2.[Li]. The molecule has 1 amide bonds. The van der Waals surface area contributed by atoms with Crippen LogP contribution in [0.3, 0.4) is 0 Å². The largest absolute Gasteiger partial charge is 0.337 e. The number of anilines is 1. The fourth-order valence-corrected chi connectivity index (χ4v) is 2.37. The number of carbonyl (C=O) groups is 2. The Bertz CT molecular complexity index is 691. The van der Waals surface area contributed by atoms with E-state index in [-0.39, 0.29) is 30.7 Å². The van der Waals surface area contributed by atoms with E-state index in [0.29, 0.717) is 6.42 Å². The van der Waals surface area contributed by atoms with Crippen molar-refractivity contribution in [3.8, 4) is 0 Å². The number of hydrogen-bond acceptors (Lipinski definition) is 3. The minimum Gasteiger partial charge on any atom is -0.337 e. The van der Waals surface area contributed by atoms with Gasteiger partial charge in [-0.1, -0.05) is 0 Å². The van der Waals surface area contributed by atoms with Gasteiger partial charge in [0.2, 0.25) is 5.91 Å². The van der Waals surface area contributed by atoms with Crippen LogP contribution in [0.2, 0.25) is 0 Å². The van der Waals surface area contributed by atoms with Crippen molar-refractivity contribution >= 4 is 47.3 Å². The second kappa shape index (κ2) is 4.76. The van der Waals surface area contributed by atoms with Crippen molar-refractivity contribution in [1.29, 1.82) is 0 Å². The predicted molar refractivity (Wildman–Crippen MR) is 72.0 cm³/mol. The Morgan fingerprint density at radius 3 is 2.84 bits per heavy atom. The fraction of sp³-hybridized carbons (Fsp3) is 0.231. The molecule has 2 aromatic rings. The first-order valence-corrected chi connectivity index (χ1v) is 5.68. The summed E-state index contributed by atoms with van der Waals surface area (Å²) in [6.45, 7) is 3.28. The minimum atomic E-state index is -0.389. The molecule has 0 saturated carbocycles. The first-order chi connectivity index (χ1) is 8.54. The number of amides is 1. The molecule has 1 radical (unpaired) electrons. The van der Waals surface area contributed by atoms with E-state index in [1.165, 1.54) is 11.7 Å². The summed E-state index contributed by atoms with van der Waals surface area (Å²) < 4.78 is 1.43. The minimum absolute atomic E-state index is 0. The molecular weight excluding hydrogens is 239 g/mol. The van der Waals surface area contributed by atoms with Gasteiger partial charge in [-0.2, -0.15) is 4.73 Å². The monoisotopic (exact) mass is 251 g/mol. The number of rotatable bonds is 1. The van der Waals surface area contributed by atoms with E-state index in [4.69, 9.17) is 4.84 Å². The molecule has 0 aliphatic carbocycles. The molecule has 1 aliphatic heterocycles. The van der Waals surface area contributed by atoms with Gasteiger partial charge in [-0.05, 0) is 30.2 Å². The summed E-state index contributed by atoms with van der Waals surface area (Å²) >= 11 is 0. The molecule has 0 bridgehead atoms. The number of benzene rings is 1. The zero-order valence-electron chi connectivity index (χ0n) is 11.1. The molecule has 0 unspecified atom stereocenters. The third kappa shape index (κ3) is 2.27. The van der Waals surface area contributed by atoms with Gasteiger partial charge in [-0.3, -0.25) is 4.79 Å². The van der Waals surface area contributed by atoms with Gasteiger partial charge in [0, 0.05) is 37.4 Å². The number of nitrogens with zero attached hydrogens (tertiary/aromatic N) is 1. The molecule has 19 heavy (non-hydrogen) atoms. The predicted octanol–water partition coefficient (Wildman–Crippen LogP) is 1.04. The summed E-state index contributed by atoms with van der Waals surface area (Å²) in [5.41, 5.74) is 3.46. The van der Waals surface area contributed by atoms with Crippen LogP contribution < -0.4 is 10.2 Å². The van der Waals surface area contributed by atoms with Crippen molar-refractivity contribution in [2.45, 2.75) is 20.3 Å². The van der Waals surface area contributed by atoms with Crippen molar-refractivity contribution in [1.82, 2.24) is 4.73 Å². The van der Waals surface area contributed by atoms with Gasteiger partial charge in [0.25, 0.3) is 0 Å². The van der Waals surface area contributed by atoms with Crippen LogP contribution in [-0.2, 0) is 16.0 Å². The van der Waals surface area contributed by atoms with Gasteiger partial charge in [0.1, 0.15) is 0 Å². The zero-order valence-corrected chi connectivity index (χ0v) is 11.1. The molecule has 3 rings (SSSR count). The van der Waals surface area contributed by atoms with E-state index < -0.39 is 0 Å². The summed E-state index contributed by atoms with van der Waals surface area (Å²) in [4.78, 5) is 27.8. The maximum absolute atomic E-state index is 11.6.